The number of allylic oxidation sites excluding steroid dienone is 1. The fourth-order valence-corrected chi connectivity index (χ4v) is 2.40. The smallest absolute Gasteiger partial charge is 0.238 e. The van der Waals surface area contributed by atoms with Gasteiger partial charge in [0.2, 0.25) is 5.91 Å². The first-order valence-corrected chi connectivity index (χ1v) is 7.85. The second-order valence-electron chi connectivity index (χ2n) is 5.66. The van der Waals surface area contributed by atoms with Crippen molar-refractivity contribution in [3.63, 3.8) is 0 Å². The largest absolute Gasteiger partial charge is 0.392 e. The molecule has 0 aliphatic heterocycles. The third-order valence-corrected chi connectivity index (χ3v) is 3.73. The highest BCUT2D eigenvalue weighted by Crippen LogP contribution is 2.19. The third-order valence-electron chi connectivity index (χ3n) is 3.73. The number of para-hydroxylation sites is 1. The molecule has 1 rings (SSSR count). The Bertz CT molecular complexity index is 480. The maximum atomic E-state index is 12.2. The number of hydrogen-bond donors (Lipinski definition) is 2. The minimum Gasteiger partial charge on any atom is -0.392 e. The van der Waals surface area contributed by atoms with Gasteiger partial charge in [0.1, 0.15) is 0 Å². The lowest BCUT2D eigenvalue weighted by Gasteiger charge is -2.23. The second kappa shape index (κ2) is 9.38. The van der Waals surface area contributed by atoms with Gasteiger partial charge in [-0.05, 0) is 44.4 Å². The molecule has 1 amide bonds. The summed E-state index contributed by atoms with van der Waals surface area (Å²) in [5.41, 5.74) is 3.00. The lowest BCUT2D eigenvalue weighted by atomic mass is 10.1. The molecule has 22 heavy (non-hydrogen) atoms. The van der Waals surface area contributed by atoms with Crippen LogP contribution in [0.4, 0.5) is 5.69 Å². The van der Waals surface area contributed by atoms with Gasteiger partial charge in [0.25, 0.3) is 0 Å². The van der Waals surface area contributed by atoms with Gasteiger partial charge in [-0.25, -0.2) is 0 Å². The summed E-state index contributed by atoms with van der Waals surface area (Å²) < 4.78 is 0. The Kier molecular flexibility index (Phi) is 7.85. The van der Waals surface area contributed by atoms with Gasteiger partial charge >= 0.3 is 0 Å². The van der Waals surface area contributed by atoms with Gasteiger partial charge in [0.05, 0.1) is 12.6 Å². The number of aliphatic hydroxyl groups is 1. The Morgan fingerprint density at radius 2 is 2.05 bits per heavy atom. The van der Waals surface area contributed by atoms with E-state index in [4.69, 9.17) is 0 Å². The van der Waals surface area contributed by atoms with Crippen LogP contribution in [0.3, 0.4) is 0 Å². The number of aryl methyl sites for hydroxylation is 2. The molecule has 0 bridgehead atoms. The van der Waals surface area contributed by atoms with E-state index in [1.54, 1.807) is 6.08 Å². The summed E-state index contributed by atoms with van der Waals surface area (Å²) in [6.07, 6.45) is 2.84. The average Bonchev–Trinajstić information content (AvgIpc) is 2.48. The number of amides is 1. The third kappa shape index (κ3) is 6.00. The van der Waals surface area contributed by atoms with E-state index in [9.17, 15) is 9.90 Å². The highest BCUT2D eigenvalue weighted by Gasteiger charge is 2.14. The zero-order valence-electron chi connectivity index (χ0n) is 13.9. The van der Waals surface area contributed by atoms with E-state index in [1.165, 1.54) is 0 Å². The van der Waals surface area contributed by atoms with Crippen LogP contribution >= 0.6 is 0 Å². The molecule has 1 aromatic carbocycles. The van der Waals surface area contributed by atoms with E-state index < -0.39 is 6.10 Å². The lowest BCUT2D eigenvalue weighted by molar-refractivity contribution is -0.117. The second-order valence-corrected chi connectivity index (χ2v) is 5.66. The number of rotatable bonds is 9. The molecule has 2 N–H and O–H groups in total. The molecular formula is C18H28N2O2. The highest BCUT2D eigenvalue weighted by atomic mass is 16.3. The predicted octanol–water partition coefficient (Wildman–Crippen LogP) is 2.89. The minimum absolute atomic E-state index is 0.0461. The number of hydrogen-bond acceptors (Lipinski definition) is 3. The number of nitrogens with one attached hydrogen (secondary N) is 1. The number of likely N-dealkylation sites (N-methyl/N-ethyl adjacent to an activating group) is 1. The standard InChI is InChI=1S/C18H28N2O2/c1-5-7-11-16(21)12-20(6-2)13-17(22)19-18-14(3)9-8-10-15(18)4/h5,8-10,16,21H,1,6-7,11-13H2,2-4H3,(H,19,22). The molecule has 1 atom stereocenters. The van der Waals surface area contributed by atoms with Crippen LogP contribution in [0.1, 0.15) is 30.9 Å². The van der Waals surface area contributed by atoms with Crippen molar-refractivity contribution in [2.45, 2.75) is 39.7 Å². The molecule has 4 nitrogen and oxygen atoms in total. The molecule has 0 radical (unpaired) electrons. The summed E-state index contributed by atoms with van der Waals surface area (Å²) in [6, 6.07) is 5.95. The maximum absolute atomic E-state index is 12.2. The SMILES string of the molecule is C=CCCC(O)CN(CC)CC(=O)Nc1c(C)cccc1C. The molecule has 0 aliphatic carbocycles. The van der Waals surface area contributed by atoms with E-state index in [1.807, 2.05) is 43.9 Å². The van der Waals surface area contributed by atoms with Crippen LogP contribution in [0.2, 0.25) is 0 Å². The topological polar surface area (TPSA) is 52.6 Å². The van der Waals surface area contributed by atoms with E-state index in [0.29, 0.717) is 13.0 Å². The number of nitrogens with zero attached hydrogens (tertiary/aromatic N) is 1. The van der Waals surface area contributed by atoms with Crippen molar-refractivity contribution < 1.29 is 9.90 Å². The Morgan fingerprint density at radius 1 is 1.41 bits per heavy atom. The van der Waals surface area contributed by atoms with Crippen LogP contribution in [0, 0.1) is 13.8 Å². The molecule has 0 fully saturated rings. The van der Waals surface area contributed by atoms with Gasteiger partial charge in [-0.2, -0.15) is 0 Å². The Hall–Kier alpha value is -1.65. The molecule has 0 spiro atoms. The van der Waals surface area contributed by atoms with Crippen molar-refractivity contribution >= 4 is 11.6 Å². The lowest BCUT2D eigenvalue weighted by Crippen LogP contribution is -2.38. The Balaban J connectivity index is 2.56. The first-order valence-electron chi connectivity index (χ1n) is 7.85. The van der Waals surface area contributed by atoms with E-state index >= 15 is 0 Å². The molecule has 1 unspecified atom stereocenters. The van der Waals surface area contributed by atoms with Crippen molar-refractivity contribution in [1.82, 2.24) is 4.90 Å². The fourth-order valence-electron chi connectivity index (χ4n) is 2.40. The van der Waals surface area contributed by atoms with Gasteiger partial charge in [-0.15, -0.1) is 6.58 Å². The number of carbonyl (C=O) groups excluding carboxylic acids is 1. The number of aliphatic hydroxyl groups excluding tert-OH is 1. The summed E-state index contributed by atoms with van der Waals surface area (Å²) in [5, 5.41) is 12.9. The van der Waals surface area contributed by atoms with Crippen LogP contribution in [0.5, 0.6) is 0 Å². The highest BCUT2D eigenvalue weighted by molar-refractivity contribution is 5.93. The van der Waals surface area contributed by atoms with Gasteiger partial charge in [0, 0.05) is 12.2 Å². The van der Waals surface area contributed by atoms with Crippen molar-refractivity contribution in [2.75, 3.05) is 25.0 Å². The van der Waals surface area contributed by atoms with E-state index in [2.05, 4.69) is 11.9 Å². The molecular weight excluding hydrogens is 276 g/mol. The fraction of sp³-hybridized carbons (Fsp3) is 0.500. The van der Waals surface area contributed by atoms with Gasteiger partial charge in [-0.3, -0.25) is 9.69 Å². The Morgan fingerprint density at radius 3 is 2.59 bits per heavy atom. The first kappa shape index (κ1) is 18.4. The zero-order valence-corrected chi connectivity index (χ0v) is 13.9. The van der Waals surface area contributed by atoms with E-state index in [0.717, 1.165) is 29.8 Å². The van der Waals surface area contributed by atoms with Crippen molar-refractivity contribution in [2.24, 2.45) is 0 Å². The molecule has 122 valence electrons. The molecule has 0 aliphatic rings. The first-order chi connectivity index (χ1) is 10.5. The van der Waals surface area contributed by atoms with Crippen LogP contribution in [-0.4, -0.2) is 41.7 Å². The van der Waals surface area contributed by atoms with Crippen molar-refractivity contribution in [1.29, 1.82) is 0 Å². The number of benzene rings is 1. The van der Waals surface area contributed by atoms with Gasteiger partial charge < -0.3 is 10.4 Å². The molecule has 0 saturated carbocycles. The van der Waals surface area contributed by atoms with Crippen LogP contribution in [0.15, 0.2) is 30.9 Å². The Labute approximate surface area is 133 Å². The van der Waals surface area contributed by atoms with Crippen LogP contribution in [-0.2, 0) is 4.79 Å². The molecule has 0 aromatic heterocycles. The monoisotopic (exact) mass is 304 g/mol. The van der Waals surface area contributed by atoms with Gasteiger partial charge in [-0.1, -0.05) is 31.2 Å². The predicted molar refractivity (Wildman–Crippen MR) is 92.1 cm³/mol. The maximum Gasteiger partial charge on any atom is 0.238 e. The summed E-state index contributed by atoms with van der Waals surface area (Å²) in [4.78, 5) is 14.2. The normalized spacial score (nSPS) is 12.2. The van der Waals surface area contributed by atoms with Crippen LogP contribution in [0.25, 0.3) is 0 Å². The van der Waals surface area contributed by atoms with Crippen LogP contribution < -0.4 is 5.32 Å². The average molecular weight is 304 g/mol. The summed E-state index contributed by atoms with van der Waals surface area (Å²) in [7, 11) is 0. The minimum atomic E-state index is -0.425. The molecule has 0 saturated heterocycles. The summed E-state index contributed by atoms with van der Waals surface area (Å²) in [6.45, 7) is 11.1. The van der Waals surface area contributed by atoms with Crippen molar-refractivity contribution in [3.8, 4) is 0 Å². The quantitative estimate of drug-likeness (QED) is 0.690. The molecule has 1 aromatic rings. The number of anilines is 1. The van der Waals surface area contributed by atoms with Gasteiger partial charge in [0.15, 0.2) is 0 Å². The molecule has 4 heteroatoms. The molecule has 0 heterocycles. The van der Waals surface area contributed by atoms with Crippen molar-refractivity contribution in [3.05, 3.63) is 42.0 Å². The summed E-state index contributed by atoms with van der Waals surface area (Å²) in [5.74, 6) is -0.0461. The zero-order chi connectivity index (χ0) is 16.5. The summed E-state index contributed by atoms with van der Waals surface area (Å²) >= 11 is 0. The number of carbonyl (C=O) groups is 1. The van der Waals surface area contributed by atoms with E-state index in [-0.39, 0.29) is 12.5 Å².